The first-order valence-electron chi connectivity index (χ1n) is 5.44. The van der Waals surface area contributed by atoms with E-state index in [4.69, 9.17) is 0 Å². The van der Waals surface area contributed by atoms with Gasteiger partial charge in [-0.25, -0.2) is 0 Å². The molecular weight excluding hydrogens is 190 g/mol. The summed E-state index contributed by atoms with van der Waals surface area (Å²) >= 11 is 0. The Bertz CT molecular complexity index is 345. The van der Waals surface area contributed by atoms with Gasteiger partial charge in [-0.05, 0) is 25.2 Å². The lowest BCUT2D eigenvalue weighted by Crippen LogP contribution is -2.23. The smallest absolute Gasteiger partial charge is 0.0852 e. The second-order valence-electron chi connectivity index (χ2n) is 4.20. The van der Waals surface area contributed by atoms with Crippen LogP contribution in [0.1, 0.15) is 25.0 Å². The van der Waals surface area contributed by atoms with Crippen LogP contribution < -0.4 is 0 Å². The predicted molar refractivity (Wildman–Crippen MR) is 57.2 cm³/mol. The van der Waals surface area contributed by atoms with E-state index in [1.807, 2.05) is 13.2 Å². The third-order valence-corrected chi connectivity index (χ3v) is 2.92. The van der Waals surface area contributed by atoms with Crippen LogP contribution in [0.4, 0.5) is 0 Å². The second-order valence-corrected chi connectivity index (χ2v) is 4.20. The molecule has 0 bridgehead atoms. The first kappa shape index (κ1) is 10.4. The minimum atomic E-state index is -0.286. The Morgan fingerprint density at radius 3 is 3.07 bits per heavy atom. The van der Waals surface area contributed by atoms with E-state index in [1.165, 1.54) is 0 Å². The highest BCUT2D eigenvalue weighted by Crippen LogP contribution is 2.23. The van der Waals surface area contributed by atoms with Crippen molar-refractivity contribution in [1.29, 1.82) is 0 Å². The van der Waals surface area contributed by atoms with Gasteiger partial charge < -0.3 is 5.11 Å². The fourth-order valence-corrected chi connectivity index (χ4v) is 2.04. The SMILES string of the molecule is Cn1cc(CC(O)C2CC=CCC2)nn1. The molecule has 0 aromatic carbocycles. The summed E-state index contributed by atoms with van der Waals surface area (Å²) in [4.78, 5) is 0. The van der Waals surface area contributed by atoms with E-state index in [2.05, 4.69) is 22.5 Å². The molecule has 1 aromatic heterocycles. The molecule has 4 heteroatoms. The molecule has 1 heterocycles. The molecule has 82 valence electrons. The van der Waals surface area contributed by atoms with Crippen molar-refractivity contribution in [2.45, 2.75) is 31.8 Å². The van der Waals surface area contributed by atoms with Crippen LogP contribution in [0.15, 0.2) is 18.3 Å². The molecule has 2 atom stereocenters. The van der Waals surface area contributed by atoms with Crippen LogP contribution in [-0.4, -0.2) is 26.2 Å². The number of nitrogens with zero attached hydrogens (tertiary/aromatic N) is 3. The third kappa shape index (κ3) is 2.65. The van der Waals surface area contributed by atoms with E-state index in [9.17, 15) is 5.11 Å². The maximum Gasteiger partial charge on any atom is 0.0852 e. The lowest BCUT2D eigenvalue weighted by molar-refractivity contribution is 0.101. The minimum absolute atomic E-state index is 0.286. The number of aliphatic hydroxyl groups excluding tert-OH is 1. The summed E-state index contributed by atoms with van der Waals surface area (Å²) in [6.07, 6.45) is 9.70. The molecule has 1 aliphatic rings. The molecule has 0 amide bonds. The van der Waals surface area contributed by atoms with Crippen LogP contribution in [0, 0.1) is 5.92 Å². The molecule has 1 N–H and O–H groups in total. The van der Waals surface area contributed by atoms with Crippen molar-refractivity contribution in [2.75, 3.05) is 0 Å². The number of aliphatic hydroxyl groups is 1. The molecule has 0 saturated heterocycles. The number of allylic oxidation sites excluding steroid dienone is 2. The predicted octanol–water partition coefficient (Wildman–Crippen LogP) is 1.07. The number of hydrogen-bond acceptors (Lipinski definition) is 3. The normalized spacial score (nSPS) is 22.9. The Morgan fingerprint density at radius 1 is 1.60 bits per heavy atom. The first-order valence-corrected chi connectivity index (χ1v) is 5.44. The van der Waals surface area contributed by atoms with Gasteiger partial charge in [0.1, 0.15) is 0 Å². The van der Waals surface area contributed by atoms with Gasteiger partial charge in [-0.3, -0.25) is 4.68 Å². The summed E-state index contributed by atoms with van der Waals surface area (Å²) in [5.41, 5.74) is 0.875. The van der Waals surface area contributed by atoms with Crippen molar-refractivity contribution >= 4 is 0 Å². The topological polar surface area (TPSA) is 50.9 Å². The lowest BCUT2D eigenvalue weighted by atomic mass is 9.87. The van der Waals surface area contributed by atoms with Gasteiger partial charge in [0.25, 0.3) is 0 Å². The van der Waals surface area contributed by atoms with Gasteiger partial charge >= 0.3 is 0 Å². The van der Waals surface area contributed by atoms with E-state index in [0.717, 1.165) is 25.0 Å². The highest BCUT2D eigenvalue weighted by atomic mass is 16.3. The molecule has 1 aromatic rings. The number of hydrogen-bond donors (Lipinski definition) is 1. The summed E-state index contributed by atoms with van der Waals surface area (Å²) in [5.74, 6) is 0.386. The van der Waals surface area contributed by atoms with Crippen LogP contribution in [0.25, 0.3) is 0 Å². The Kier molecular flexibility index (Phi) is 3.16. The fraction of sp³-hybridized carbons (Fsp3) is 0.636. The quantitative estimate of drug-likeness (QED) is 0.754. The molecule has 0 spiro atoms. The zero-order valence-electron chi connectivity index (χ0n) is 9.00. The van der Waals surface area contributed by atoms with Crippen LogP contribution in [0.2, 0.25) is 0 Å². The molecule has 1 aliphatic carbocycles. The van der Waals surface area contributed by atoms with Crippen molar-refractivity contribution < 1.29 is 5.11 Å². The van der Waals surface area contributed by atoms with E-state index in [1.54, 1.807) is 4.68 Å². The highest BCUT2D eigenvalue weighted by Gasteiger charge is 2.20. The Morgan fingerprint density at radius 2 is 2.47 bits per heavy atom. The average molecular weight is 207 g/mol. The highest BCUT2D eigenvalue weighted by molar-refractivity contribution is 4.98. The monoisotopic (exact) mass is 207 g/mol. The van der Waals surface area contributed by atoms with Crippen molar-refractivity contribution in [3.8, 4) is 0 Å². The zero-order valence-corrected chi connectivity index (χ0v) is 9.00. The standard InChI is InChI=1S/C11H17N3O/c1-14-8-10(12-13-14)7-11(15)9-5-3-2-4-6-9/h2-3,8-9,11,15H,4-7H2,1H3. The van der Waals surface area contributed by atoms with Crippen molar-refractivity contribution in [1.82, 2.24) is 15.0 Å². The van der Waals surface area contributed by atoms with Gasteiger partial charge in [-0.15, -0.1) is 5.10 Å². The van der Waals surface area contributed by atoms with Crippen LogP contribution in [-0.2, 0) is 13.5 Å². The molecule has 2 unspecified atom stereocenters. The van der Waals surface area contributed by atoms with Gasteiger partial charge in [0.2, 0.25) is 0 Å². The molecule has 2 rings (SSSR count). The van der Waals surface area contributed by atoms with E-state index in [-0.39, 0.29) is 6.10 Å². The van der Waals surface area contributed by atoms with E-state index in [0.29, 0.717) is 12.3 Å². The molecule has 0 aliphatic heterocycles. The summed E-state index contributed by atoms with van der Waals surface area (Å²) in [6, 6.07) is 0. The molecule has 0 saturated carbocycles. The largest absolute Gasteiger partial charge is 0.392 e. The van der Waals surface area contributed by atoms with Crippen molar-refractivity contribution in [2.24, 2.45) is 13.0 Å². The average Bonchev–Trinajstić information content (AvgIpc) is 2.65. The van der Waals surface area contributed by atoms with Crippen LogP contribution >= 0.6 is 0 Å². The van der Waals surface area contributed by atoms with Gasteiger partial charge in [0.05, 0.1) is 11.8 Å². The number of aryl methyl sites for hydroxylation is 1. The van der Waals surface area contributed by atoms with Crippen LogP contribution in [0.5, 0.6) is 0 Å². The summed E-state index contributed by atoms with van der Waals surface area (Å²) in [6.45, 7) is 0. The van der Waals surface area contributed by atoms with Gasteiger partial charge in [-0.1, -0.05) is 17.4 Å². The first-order chi connectivity index (χ1) is 7.25. The van der Waals surface area contributed by atoms with E-state index < -0.39 is 0 Å². The molecule has 0 fully saturated rings. The molecular formula is C11H17N3O. The van der Waals surface area contributed by atoms with Gasteiger partial charge in [0, 0.05) is 19.7 Å². The summed E-state index contributed by atoms with van der Waals surface area (Å²) < 4.78 is 1.67. The van der Waals surface area contributed by atoms with Crippen molar-refractivity contribution in [3.05, 3.63) is 24.0 Å². The Labute approximate surface area is 89.6 Å². The maximum atomic E-state index is 10.0. The minimum Gasteiger partial charge on any atom is -0.392 e. The molecule has 0 radical (unpaired) electrons. The Hall–Kier alpha value is -1.16. The van der Waals surface area contributed by atoms with Gasteiger partial charge in [0.15, 0.2) is 0 Å². The maximum absolute atomic E-state index is 10.0. The number of aromatic nitrogens is 3. The van der Waals surface area contributed by atoms with E-state index >= 15 is 0 Å². The van der Waals surface area contributed by atoms with Gasteiger partial charge in [-0.2, -0.15) is 0 Å². The zero-order chi connectivity index (χ0) is 10.7. The third-order valence-electron chi connectivity index (χ3n) is 2.92. The Balaban J connectivity index is 1.91. The lowest BCUT2D eigenvalue weighted by Gasteiger charge is -2.22. The molecule has 15 heavy (non-hydrogen) atoms. The molecule has 4 nitrogen and oxygen atoms in total. The fourth-order valence-electron chi connectivity index (χ4n) is 2.04. The second kappa shape index (κ2) is 4.57. The van der Waals surface area contributed by atoms with Crippen molar-refractivity contribution in [3.63, 3.8) is 0 Å². The van der Waals surface area contributed by atoms with Crippen LogP contribution in [0.3, 0.4) is 0 Å². The number of rotatable bonds is 3. The summed E-state index contributed by atoms with van der Waals surface area (Å²) in [5, 5.41) is 17.9. The summed E-state index contributed by atoms with van der Waals surface area (Å²) in [7, 11) is 1.84.